The molecule has 3 fully saturated rings. The quantitative estimate of drug-likeness (QED) is 0.258. The molecule has 0 bridgehead atoms. The van der Waals surface area contributed by atoms with Crippen LogP contribution in [0.2, 0.25) is 0 Å². The number of hydrogen-bond donors (Lipinski definition) is 3. The fourth-order valence-corrected chi connectivity index (χ4v) is 11.4. The highest BCUT2D eigenvalue weighted by molar-refractivity contribution is 7.90. The van der Waals surface area contributed by atoms with Crippen LogP contribution in [0.15, 0.2) is 59.1 Å². The van der Waals surface area contributed by atoms with Crippen molar-refractivity contribution in [3.63, 3.8) is 0 Å². The first kappa shape index (κ1) is 30.9. The highest BCUT2D eigenvalue weighted by Crippen LogP contribution is 2.67. The Morgan fingerprint density at radius 1 is 1.15 bits per heavy atom. The Labute approximate surface area is 276 Å². The maximum absolute atomic E-state index is 13.9. The fraction of sp³-hybridized carbons (Fsp3) is 0.457. The molecule has 0 spiro atoms. The van der Waals surface area contributed by atoms with Crippen molar-refractivity contribution in [1.82, 2.24) is 14.8 Å². The number of aromatic nitrogens is 3. The number of fused-ring (bicyclic) bond motifs is 7. The van der Waals surface area contributed by atoms with Crippen molar-refractivity contribution in [2.24, 2.45) is 28.6 Å². The van der Waals surface area contributed by atoms with E-state index in [0.29, 0.717) is 28.2 Å². The minimum Gasteiger partial charge on any atom is -0.393 e. The summed E-state index contributed by atoms with van der Waals surface area (Å²) in [5, 5.41) is 32.0. The van der Waals surface area contributed by atoms with Gasteiger partial charge in [0, 0.05) is 11.7 Å². The maximum atomic E-state index is 13.9. The second-order valence-corrected chi connectivity index (χ2v) is 17.6. The van der Waals surface area contributed by atoms with Crippen molar-refractivity contribution in [3.05, 3.63) is 71.3 Å². The van der Waals surface area contributed by atoms with Gasteiger partial charge in [0.1, 0.15) is 11.4 Å². The van der Waals surface area contributed by atoms with Gasteiger partial charge in [-0.1, -0.05) is 30.8 Å². The van der Waals surface area contributed by atoms with Crippen LogP contribution in [0.1, 0.15) is 57.2 Å². The molecule has 7 atom stereocenters. The standard InChI is InChI=1S/C35H37FN4O5S2/c1-33-16-19-18-37-40(22-7-5-21(36)6-8-22)27(19)14-20(33)4-10-24-25-12-13-35(43,34(25,2)17-28(41)30(24)33)31(42)39-32-38-26-11-9-23(47(3,44)45)15-29(26)46-32/h5-9,11,14-15,18,24-25,28,30,41,43H,4,10,12-13,16-17H2,1-3H3,(H,38,39,42)/t24?,25?,28?,30?,33?,34?,35-/m0/s1. The summed E-state index contributed by atoms with van der Waals surface area (Å²) in [4.78, 5) is 18.6. The topological polar surface area (TPSA) is 134 Å². The molecule has 3 saturated carbocycles. The molecule has 1 amide bonds. The van der Waals surface area contributed by atoms with E-state index in [0.717, 1.165) is 42.5 Å². The van der Waals surface area contributed by atoms with Crippen LogP contribution in [0.25, 0.3) is 22.0 Å². The van der Waals surface area contributed by atoms with Crippen molar-refractivity contribution >= 4 is 48.5 Å². The number of amides is 1. The van der Waals surface area contributed by atoms with Crippen LogP contribution in [0, 0.1) is 34.4 Å². The van der Waals surface area contributed by atoms with Gasteiger partial charge in [-0.2, -0.15) is 5.10 Å². The highest BCUT2D eigenvalue weighted by atomic mass is 32.2. The molecule has 4 aromatic rings. The van der Waals surface area contributed by atoms with Crippen LogP contribution >= 0.6 is 11.3 Å². The molecule has 2 heterocycles. The van der Waals surface area contributed by atoms with E-state index in [-0.39, 0.29) is 40.3 Å². The molecule has 12 heteroatoms. The molecule has 0 radical (unpaired) electrons. The van der Waals surface area contributed by atoms with Crippen LogP contribution < -0.4 is 5.32 Å². The molecule has 0 aliphatic heterocycles. The van der Waals surface area contributed by atoms with Crippen molar-refractivity contribution in [1.29, 1.82) is 0 Å². The van der Waals surface area contributed by atoms with Gasteiger partial charge in [0.05, 0.1) is 38.8 Å². The summed E-state index contributed by atoms with van der Waals surface area (Å²) in [6.45, 7) is 4.20. The zero-order valence-corrected chi connectivity index (χ0v) is 28.0. The first-order chi connectivity index (χ1) is 22.2. The number of benzene rings is 2. The van der Waals surface area contributed by atoms with Crippen molar-refractivity contribution in [2.45, 2.75) is 69.0 Å². The first-order valence-electron chi connectivity index (χ1n) is 16.1. The smallest absolute Gasteiger partial charge is 0.258 e. The van der Waals surface area contributed by atoms with E-state index < -0.39 is 32.9 Å². The van der Waals surface area contributed by atoms with E-state index in [1.54, 1.807) is 24.3 Å². The molecule has 2 aromatic carbocycles. The van der Waals surface area contributed by atoms with Gasteiger partial charge in [-0.15, -0.1) is 0 Å². The zero-order chi connectivity index (χ0) is 33.1. The zero-order valence-electron chi connectivity index (χ0n) is 26.4. The second kappa shape index (κ2) is 10.3. The van der Waals surface area contributed by atoms with Crippen molar-refractivity contribution in [3.8, 4) is 5.69 Å². The third kappa shape index (κ3) is 4.51. The molecular formula is C35H37FN4O5S2. The third-order valence-corrected chi connectivity index (χ3v) is 14.1. The van der Waals surface area contributed by atoms with E-state index in [1.807, 2.05) is 17.8 Å². The molecule has 2 aromatic heterocycles. The lowest BCUT2D eigenvalue weighted by Gasteiger charge is -2.60. The van der Waals surface area contributed by atoms with Gasteiger partial charge in [0.15, 0.2) is 15.0 Å². The molecule has 6 unspecified atom stereocenters. The number of carbonyl (C=O) groups excluding carboxylic acids is 1. The minimum atomic E-state index is -3.40. The fourth-order valence-electron chi connectivity index (χ4n) is 9.74. The Kier molecular flexibility index (Phi) is 6.75. The highest BCUT2D eigenvalue weighted by Gasteiger charge is 2.68. The largest absolute Gasteiger partial charge is 0.393 e. The second-order valence-electron chi connectivity index (χ2n) is 14.5. The maximum Gasteiger partial charge on any atom is 0.258 e. The Morgan fingerprint density at radius 3 is 2.66 bits per heavy atom. The summed E-state index contributed by atoms with van der Waals surface area (Å²) in [6.07, 6.45) is 8.18. The number of carbonyl (C=O) groups is 1. The predicted molar refractivity (Wildman–Crippen MR) is 177 cm³/mol. The lowest BCUT2D eigenvalue weighted by molar-refractivity contribution is -0.177. The molecule has 9 nitrogen and oxygen atoms in total. The Hall–Kier alpha value is -3.45. The van der Waals surface area contributed by atoms with Gasteiger partial charge in [-0.05, 0) is 116 Å². The summed E-state index contributed by atoms with van der Waals surface area (Å²) in [5.74, 6) is -0.704. The van der Waals surface area contributed by atoms with Gasteiger partial charge >= 0.3 is 0 Å². The van der Waals surface area contributed by atoms with E-state index in [9.17, 15) is 27.8 Å². The summed E-state index contributed by atoms with van der Waals surface area (Å²) >= 11 is 1.17. The van der Waals surface area contributed by atoms with E-state index in [2.05, 4.69) is 28.4 Å². The monoisotopic (exact) mass is 676 g/mol. The van der Waals surface area contributed by atoms with Crippen LogP contribution in [0.4, 0.5) is 9.52 Å². The van der Waals surface area contributed by atoms with Gasteiger partial charge in [0.25, 0.3) is 5.91 Å². The number of thiazole rings is 1. The summed E-state index contributed by atoms with van der Waals surface area (Å²) in [7, 11) is -3.40. The molecule has 47 heavy (non-hydrogen) atoms. The number of aliphatic hydroxyl groups excluding tert-OH is 1. The van der Waals surface area contributed by atoms with E-state index >= 15 is 0 Å². The van der Waals surface area contributed by atoms with E-state index in [1.165, 1.54) is 35.1 Å². The Bertz CT molecular complexity index is 2090. The molecule has 246 valence electrons. The average Bonchev–Trinajstić information content (AvgIpc) is 3.68. The molecule has 3 N–H and O–H groups in total. The number of nitrogens with one attached hydrogen (secondary N) is 1. The van der Waals surface area contributed by atoms with Crippen molar-refractivity contribution in [2.75, 3.05) is 11.6 Å². The number of hydrogen-bond acceptors (Lipinski definition) is 8. The number of allylic oxidation sites excluding steroid dienone is 1. The average molecular weight is 677 g/mol. The van der Waals surface area contributed by atoms with Gasteiger partial charge in [0.2, 0.25) is 0 Å². The number of sulfone groups is 1. The first-order valence-corrected chi connectivity index (χ1v) is 18.8. The van der Waals surface area contributed by atoms with Crippen molar-refractivity contribution < 1.29 is 27.8 Å². The number of anilines is 1. The van der Waals surface area contributed by atoms with Gasteiger partial charge in [-0.25, -0.2) is 22.5 Å². The van der Waals surface area contributed by atoms with Crippen LogP contribution in [0.5, 0.6) is 0 Å². The molecule has 8 rings (SSSR count). The lowest BCUT2D eigenvalue weighted by atomic mass is 9.45. The lowest BCUT2D eigenvalue weighted by Crippen LogP contribution is -2.62. The van der Waals surface area contributed by atoms with E-state index in [4.69, 9.17) is 0 Å². The van der Waals surface area contributed by atoms with Gasteiger partial charge < -0.3 is 10.2 Å². The summed E-state index contributed by atoms with van der Waals surface area (Å²) in [5.41, 5.74) is 1.86. The number of aliphatic hydroxyl groups is 2. The van der Waals surface area contributed by atoms with Crippen LogP contribution in [-0.4, -0.2) is 57.3 Å². The molecular weight excluding hydrogens is 640 g/mol. The van der Waals surface area contributed by atoms with Crippen LogP contribution in [0.3, 0.4) is 0 Å². The summed E-state index contributed by atoms with van der Waals surface area (Å²) in [6, 6.07) is 11.0. The minimum absolute atomic E-state index is 0.0402. The number of nitrogens with zero attached hydrogens (tertiary/aromatic N) is 3. The van der Waals surface area contributed by atoms with Gasteiger partial charge in [-0.3, -0.25) is 10.1 Å². The Morgan fingerprint density at radius 2 is 1.91 bits per heavy atom. The SMILES string of the molecule is CC12Cc3cnn(-c4ccc(F)cc4)c3C=C1CCC1C2C(O)CC2(C)C1CC[C@]2(O)C(=O)Nc1nc2ccc(S(C)(=O)=O)cc2s1. The van der Waals surface area contributed by atoms with Crippen LogP contribution in [-0.2, 0) is 21.1 Å². The third-order valence-electron chi connectivity index (χ3n) is 12.0. The molecule has 0 saturated heterocycles. The Balaban J connectivity index is 1.06. The molecule has 4 aliphatic rings. The summed E-state index contributed by atoms with van der Waals surface area (Å²) < 4.78 is 40.2. The number of rotatable bonds is 4. The normalized spacial score (nSPS) is 33.0. The predicted octanol–water partition coefficient (Wildman–Crippen LogP) is 5.55. The number of halogens is 1. The molecule has 4 aliphatic carbocycles.